The minimum atomic E-state index is -0.709. The highest BCUT2D eigenvalue weighted by Gasteiger charge is 2.46. The molecular weight excluding hydrogens is 390 g/mol. The molecule has 0 spiro atoms. The topological polar surface area (TPSA) is 70.8 Å². The number of aliphatic hydroxyl groups excluding tert-OH is 1. The van der Waals surface area contributed by atoms with Crippen LogP contribution in [0.5, 0.6) is 0 Å². The zero-order valence-corrected chi connectivity index (χ0v) is 17.8. The maximum atomic E-state index is 13.0. The Labute approximate surface area is 181 Å². The highest BCUT2D eigenvalue weighted by molar-refractivity contribution is 6.46. The first-order valence-corrected chi connectivity index (χ1v) is 10.2. The van der Waals surface area contributed by atoms with Crippen molar-refractivity contribution >= 4 is 17.4 Å². The molecule has 1 amide bonds. The van der Waals surface area contributed by atoms with Crippen molar-refractivity contribution < 1.29 is 19.1 Å². The van der Waals surface area contributed by atoms with Gasteiger partial charge in [0.15, 0.2) is 0 Å². The van der Waals surface area contributed by atoms with E-state index >= 15 is 0 Å². The number of furan rings is 1. The molecule has 0 saturated carbocycles. The quantitative estimate of drug-likeness (QED) is 0.361. The molecule has 2 aromatic carbocycles. The summed E-state index contributed by atoms with van der Waals surface area (Å²) in [4.78, 5) is 27.5. The van der Waals surface area contributed by atoms with E-state index in [-0.39, 0.29) is 23.3 Å². The van der Waals surface area contributed by atoms with Crippen LogP contribution in [0.4, 0.5) is 0 Å². The van der Waals surface area contributed by atoms with Crippen LogP contribution >= 0.6 is 0 Å². The summed E-state index contributed by atoms with van der Waals surface area (Å²) in [5.74, 6) is -0.958. The van der Waals surface area contributed by atoms with Crippen molar-refractivity contribution in [3.8, 4) is 0 Å². The summed E-state index contributed by atoms with van der Waals surface area (Å²) in [5.41, 5.74) is 2.46. The Bertz CT molecular complexity index is 1120. The SMILES string of the molecule is CC(C)(C)c1ccc([C@H]2/C(=C(\O)c3ccccc3)C(=O)C(=O)N2Cc2ccco2)cc1. The van der Waals surface area contributed by atoms with E-state index in [0.717, 1.165) is 11.1 Å². The second-order valence-corrected chi connectivity index (χ2v) is 8.74. The predicted molar refractivity (Wildman–Crippen MR) is 118 cm³/mol. The van der Waals surface area contributed by atoms with Crippen molar-refractivity contribution in [3.05, 3.63) is 101 Å². The van der Waals surface area contributed by atoms with Gasteiger partial charge in [0.1, 0.15) is 11.5 Å². The Balaban J connectivity index is 1.85. The van der Waals surface area contributed by atoms with Gasteiger partial charge < -0.3 is 14.4 Å². The van der Waals surface area contributed by atoms with Gasteiger partial charge in [-0.05, 0) is 28.7 Å². The molecule has 3 aromatic rings. The maximum Gasteiger partial charge on any atom is 0.296 e. The fraction of sp³-hybridized carbons (Fsp3) is 0.231. The fourth-order valence-electron chi connectivity index (χ4n) is 3.88. The molecule has 0 unspecified atom stereocenters. The molecule has 1 N–H and O–H groups in total. The van der Waals surface area contributed by atoms with Crippen LogP contribution in [0.25, 0.3) is 5.76 Å². The maximum absolute atomic E-state index is 13.0. The van der Waals surface area contributed by atoms with Crippen molar-refractivity contribution in [2.45, 2.75) is 38.8 Å². The van der Waals surface area contributed by atoms with Gasteiger partial charge in [0.05, 0.1) is 24.4 Å². The number of hydrogen-bond acceptors (Lipinski definition) is 4. The first-order valence-electron chi connectivity index (χ1n) is 10.2. The second kappa shape index (κ2) is 7.91. The number of Topliss-reactive ketones (excluding diaryl/α,β-unsaturated/α-hetero) is 1. The summed E-state index contributed by atoms with van der Waals surface area (Å²) in [6.07, 6.45) is 1.53. The zero-order valence-electron chi connectivity index (χ0n) is 17.8. The van der Waals surface area contributed by atoms with Crippen molar-refractivity contribution in [2.24, 2.45) is 0 Å². The minimum absolute atomic E-state index is 0.0292. The summed E-state index contributed by atoms with van der Waals surface area (Å²) in [6.45, 7) is 6.51. The van der Waals surface area contributed by atoms with Gasteiger partial charge in [-0.25, -0.2) is 0 Å². The van der Waals surface area contributed by atoms with Crippen molar-refractivity contribution in [3.63, 3.8) is 0 Å². The number of nitrogens with zero attached hydrogens (tertiary/aromatic N) is 1. The lowest BCUT2D eigenvalue weighted by Gasteiger charge is -2.26. The summed E-state index contributed by atoms with van der Waals surface area (Å²) < 4.78 is 5.42. The number of carbonyl (C=O) groups is 2. The Hall–Kier alpha value is -3.60. The van der Waals surface area contributed by atoms with E-state index in [1.807, 2.05) is 30.3 Å². The average molecular weight is 415 g/mol. The molecule has 2 heterocycles. The Morgan fingerprint density at radius 1 is 0.968 bits per heavy atom. The second-order valence-electron chi connectivity index (χ2n) is 8.74. The number of benzene rings is 2. The lowest BCUT2D eigenvalue weighted by molar-refractivity contribution is -0.140. The largest absolute Gasteiger partial charge is 0.507 e. The minimum Gasteiger partial charge on any atom is -0.507 e. The zero-order chi connectivity index (χ0) is 22.2. The van der Waals surface area contributed by atoms with E-state index in [2.05, 4.69) is 20.8 Å². The lowest BCUT2D eigenvalue weighted by atomic mass is 9.85. The first kappa shape index (κ1) is 20.7. The first-order chi connectivity index (χ1) is 14.8. The number of hydrogen-bond donors (Lipinski definition) is 1. The van der Waals surface area contributed by atoms with Gasteiger partial charge >= 0.3 is 0 Å². The summed E-state index contributed by atoms with van der Waals surface area (Å²) in [5, 5.41) is 11.0. The van der Waals surface area contributed by atoms with E-state index < -0.39 is 17.7 Å². The van der Waals surface area contributed by atoms with Gasteiger partial charge in [-0.15, -0.1) is 0 Å². The summed E-state index contributed by atoms with van der Waals surface area (Å²) >= 11 is 0. The number of ketones is 1. The Morgan fingerprint density at radius 2 is 1.65 bits per heavy atom. The molecule has 1 aliphatic rings. The van der Waals surface area contributed by atoms with E-state index in [4.69, 9.17) is 4.42 Å². The summed E-state index contributed by atoms with van der Waals surface area (Å²) in [7, 11) is 0. The smallest absolute Gasteiger partial charge is 0.296 e. The summed E-state index contributed by atoms with van der Waals surface area (Å²) in [6, 6.07) is 19.5. The van der Waals surface area contributed by atoms with Gasteiger partial charge in [-0.2, -0.15) is 0 Å². The van der Waals surface area contributed by atoms with Crippen LogP contribution in [0.15, 0.2) is 83.0 Å². The van der Waals surface area contributed by atoms with Crippen LogP contribution in [0, 0.1) is 0 Å². The van der Waals surface area contributed by atoms with Gasteiger partial charge in [-0.1, -0.05) is 75.4 Å². The molecule has 5 heteroatoms. The van der Waals surface area contributed by atoms with Crippen LogP contribution in [-0.4, -0.2) is 21.7 Å². The van der Waals surface area contributed by atoms with Crippen LogP contribution in [0.2, 0.25) is 0 Å². The van der Waals surface area contributed by atoms with E-state index in [0.29, 0.717) is 11.3 Å². The number of aliphatic hydroxyl groups is 1. The number of carbonyl (C=O) groups excluding carboxylic acids is 2. The molecule has 0 aliphatic carbocycles. The molecule has 1 saturated heterocycles. The molecule has 1 aliphatic heterocycles. The van der Waals surface area contributed by atoms with Gasteiger partial charge in [0.25, 0.3) is 11.7 Å². The van der Waals surface area contributed by atoms with Crippen molar-refractivity contribution in [2.75, 3.05) is 0 Å². The molecule has 0 radical (unpaired) electrons. The van der Waals surface area contributed by atoms with Crippen LogP contribution < -0.4 is 0 Å². The standard InChI is InChI=1S/C26H25NO4/c1-26(2,3)19-13-11-17(12-14-19)22-21(23(28)18-8-5-4-6-9-18)24(29)25(30)27(22)16-20-10-7-15-31-20/h4-15,22,28H,16H2,1-3H3/b23-21+/t22-/m0/s1. The van der Waals surface area contributed by atoms with Gasteiger partial charge in [0.2, 0.25) is 0 Å². The van der Waals surface area contributed by atoms with E-state index in [9.17, 15) is 14.7 Å². The number of rotatable bonds is 4. The Kier molecular flexibility index (Phi) is 5.27. The Morgan fingerprint density at radius 3 is 2.23 bits per heavy atom. The van der Waals surface area contributed by atoms with Gasteiger partial charge in [-0.3, -0.25) is 9.59 Å². The third kappa shape index (κ3) is 3.91. The molecule has 5 nitrogen and oxygen atoms in total. The van der Waals surface area contributed by atoms with E-state index in [1.54, 1.807) is 36.4 Å². The fourth-order valence-corrected chi connectivity index (χ4v) is 3.88. The number of amides is 1. The monoisotopic (exact) mass is 415 g/mol. The highest BCUT2D eigenvalue weighted by atomic mass is 16.3. The van der Waals surface area contributed by atoms with Crippen molar-refractivity contribution in [1.29, 1.82) is 0 Å². The number of likely N-dealkylation sites (tertiary alicyclic amines) is 1. The van der Waals surface area contributed by atoms with Crippen LogP contribution in [-0.2, 0) is 21.5 Å². The molecule has 1 atom stereocenters. The third-order valence-electron chi connectivity index (χ3n) is 5.59. The van der Waals surface area contributed by atoms with Crippen molar-refractivity contribution in [1.82, 2.24) is 4.90 Å². The highest BCUT2D eigenvalue weighted by Crippen LogP contribution is 2.40. The molecule has 158 valence electrons. The molecule has 31 heavy (non-hydrogen) atoms. The third-order valence-corrected chi connectivity index (χ3v) is 5.59. The van der Waals surface area contributed by atoms with Crippen LogP contribution in [0.3, 0.4) is 0 Å². The molecule has 1 aromatic heterocycles. The molecule has 0 bridgehead atoms. The predicted octanol–water partition coefficient (Wildman–Crippen LogP) is 5.20. The lowest BCUT2D eigenvalue weighted by Crippen LogP contribution is -2.29. The molecule has 1 fully saturated rings. The van der Waals surface area contributed by atoms with Gasteiger partial charge in [0, 0.05) is 5.56 Å². The normalized spacial score (nSPS) is 18.5. The molecular formula is C26H25NO4. The molecule has 4 rings (SSSR count). The van der Waals surface area contributed by atoms with Crippen LogP contribution in [0.1, 0.15) is 49.3 Å². The van der Waals surface area contributed by atoms with E-state index in [1.165, 1.54) is 11.2 Å². The average Bonchev–Trinajstić information content (AvgIpc) is 3.36.